The summed E-state index contributed by atoms with van der Waals surface area (Å²) in [7, 11) is 0. The van der Waals surface area contributed by atoms with E-state index in [0.29, 0.717) is 5.56 Å². The molecule has 0 amide bonds. The Morgan fingerprint density at radius 2 is 1.88 bits per heavy atom. The minimum absolute atomic E-state index is 0.236. The number of fused-ring (bicyclic) bond motifs is 1. The molecule has 1 aliphatic heterocycles. The Morgan fingerprint density at radius 1 is 1.24 bits per heavy atom. The fourth-order valence-corrected chi connectivity index (χ4v) is 2.67. The number of hydrogen-bond acceptors (Lipinski definition) is 2. The van der Waals surface area contributed by atoms with Crippen molar-refractivity contribution < 1.29 is 22.7 Å². The summed E-state index contributed by atoms with van der Waals surface area (Å²) < 4.78 is 42.3. The second kappa shape index (κ2) is 3.03. The van der Waals surface area contributed by atoms with Crippen LogP contribution in [0.4, 0.5) is 13.2 Å². The number of rotatable bonds is 1. The van der Waals surface area contributed by atoms with Gasteiger partial charge < -0.3 is 4.74 Å². The molecule has 2 aliphatic rings. The lowest BCUT2D eigenvalue weighted by Gasteiger charge is -2.15. The fourth-order valence-electron chi connectivity index (χ4n) is 2.67. The maximum Gasteiger partial charge on any atom is 0.425 e. The van der Waals surface area contributed by atoms with Crippen LogP contribution in [0.15, 0.2) is 30.3 Å². The molecule has 3 unspecified atom stereocenters. The summed E-state index contributed by atoms with van der Waals surface area (Å²) in [6.07, 6.45) is -6.16. The molecule has 2 fully saturated rings. The van der Waals surface area contributed by atoms with Gasteiger partial charge in [-0.3, -0.25) is 4.79 Å². The van der Waals surface area contributed by atoms with Crippen LogP contribution in [-0.2, 0) is 14.9 Å². The lowest BCUT2D eigenvalue weighted by atomic mass is 9.94. The molecule has 0 bridgehead atoms. The van der Waals surface area contributed by atoms with E-state index >= 15 is 0 Å². The lowest BCUT2D eigenvalue weighted by Crippen LogP contribution is -2.31. The molecule has 5 heteroatoms. The first kappa shape index (κ1) is 10.6. The molecule has 0 radical (unpaired) electrons. The van der Waals surface area contributed by atoms with Crippen LogP contribution < -0.4 is 0 Å². The Morgan fingerprint density at radius 3 is 2.35 bits per heavy atom. The number of carbonyl (C=O) groups is 1. The van der Waals surface area contributed by atoms with Crippen LogP contribution in [0.2, 0.25) is 0 Å². The van der Waals surface area contributed by atoms with Gasteiger partial charge in [-0.2, -0.15) is 13.2 Å². The third-order valence-electron chi connectivity index (χ3n) is 3.59. The summed E-state index contributed by atoms with van der Waals surface area (Å²) >= 11 is 0. The molecule has 1 saturated carbocycles. The van der Waals surface area contributed by atoms with Gasteiger partial charge in [-0.15, -0.1) is 0 Å². The number of cyclic esters (lactones) is 1. The molecule has 0 spiro atoms. The van der Waals surface area contributed by atoms with Crippen molar-refractivity contribution in [1.29, 1.82) is 0 Å². The molecule has 90 valence electrons. The van der Waals surface area contributed by atoms with E-state index in [0.717, 1.165) is 0 Å². The minimum atomic E-state index is -4.46. The maximum atomic E-state index is 12.6. The first-order valence-corrected chi connectivity index (χ1v) is 5.29. The van der Waals surface area contributed by atoms with Gasteiger partial charge in [0.05, 0.1) is 0 Å². The summed E-state index contributed by atoms with van der Waals surface area (Å²) in [4.78, 5) is 11.7. The van der Waals surface area contributed by atoms with E-state index in [1.54, 1.807) is 30.3 Å². The summed E-state index contributed by atoms with van der Waals surface area (Å²) in [6, 6.07) is 8.56. The molecular weight excluding hydrogens is 233 g/mol. The number of ether oxygens (including phenoxy) is 1. The van der Waals surface area contributed by atoms with Crippen LogP contribution in [0.25, 0.3) is 0 Å². The van der Waals surface area contributed by atoms with Crippen molar-refractivity contribution in [1.82, 2.24) is 0 Å². The molecule has 1 aromatic carbocycles. The van der Waals surface area contributed by atoms with Gasteiger partial charge in [0.1, 0.15) is 5.41 Å². The highest BCUT2D eigenvalue weighted by atomic mass is 19.4. The van der Waals surface area contributed by atoms with Gasteiger partial charge in [0.15, 0.2) is 0 Å². The van der Waals surface area contributed by atoms with Gasteiger partial charge in [-0.1, -0.05) is 30.3 Å². The normalized spacial score (nSPS) is 35.4. The molecule has 17 heavy (non-hydrogen) atoms. The molecule has 1 aliphatic carbocycles. The highest BCUT2D eigenvalue weighted by molar-refractivity contribution is 5.90. The van der Waals surface area contributed by atoms with Crippen LogP contribution in [-0.4, -0.2) is 18.2 Å². The highest BCUT2D eigenvalue weighted by Gasteiger charge is 2.76. The van der Waals surface area contributed by atoms with E-state index in [1.807, 2.05) is 0 Å². The van der Waals surface area contributed by atoms with Crippen molar-refractivity contribution in [3.05, 3.63) is 35.9 Å². The fraction of sp³-hybridized carbons (Fsp3) is 0.417. The van der Waals surface area contributed by atoms with E-state index in [2.05, 4.69) is 4.74 Å². The van der Waals surface area contributed by atoms with Crippen molar-refractivity contribution in [3.63, 3.8) is 0 Å². The molecule has 1 aromatic rings. The van der Waals surface area contributed by atoms with Gasteiger partial charge in [0.2, 0.25) is 6.10 Å². The topological polar surface area (TPSA) is 26.3 Å². The first-order valence-electron chi connectivity index (χ1n) is 5.29. The SMILES string of the molecule is O=C1OC(C(F)(F)F)C2CC12c1ccccc1. The summed E-state index contributed by atoms with van der Waals surface area (Å²) in [5.41, 5.74) is -0.414. The van der Waals surface area contributed by atoms with Crippen LogP contribution in [0.1, 0.15) is 12.0 Å². The number of hydrogen-bond donors (Lipinski definition) is 0. The van der Waals surface area contributed by atoms with E-state index in [-0.39, 0.29) is 6.42 Å². The van der Waals surface area contributed by atoms with Crippen LogP contribution in [0, 0.1) is 5.92 Å². The molecule has 1 saturated heterocycles. The average molecular weight is 242 g/mol. The van der Waals surface area contributed by atoms with Gasteiger partial charge >= 0.3 is 12.1 Å². The zero-order chi connectivity index (χ0) is 12.3. The standard InChI is InChI=1S/C12H9F3O2/c13-12(14,15)9-8-6-11(8,10(16)17-9)7-4-2-1-3-5-7/h1-5,8-9H,6H2. The highest BCUT2D eigenvalue weighted by Crippen LogP contribution is 2.64. The average Bonchev–Trinajstić information content (AvgIpc) is 2.95. The third kappa shape index (κ3) is 1.31. The van der Waals surface area contributed by atoms with E-state index < -0.39 is 29.6 Å². The molecular formula is C12H9F3O2. The number of benzene rings is 1. The van der Waals surface area contributed by atoms with E-state index in [9.17, 15) is 18.0 Å². The Labute approximate surface area is 95.4 Å². The first-order chi connectivity index (χ1) is 7.96. The Kier molecular flexibility index (Phi) is 1.89. The van der Waals surface area contributed by atoms with Crippen molar-refractivity contribution in [2.75, 3.05) is 0 Å². The quantitative estimate of drug-likeness (QED) is 0.707. The summed E-state index contributed by atoms with van der Waals surface area (Å²) in [5, 5.41) is 0. The molecule has 3 atom stereocenters. The molecule has 0 N–H and O–H groups in total. The molecule has 0 aromatic heterocycles. The van der Waals surface area contributed by atoms with Crippen molar-refractivity contribution in [3.8, 4) is 0 Å². The minimum Gasteiger partial charge on any atom is -0.452 e. The smallest absolute Gasteiger partial charge is 0.425 e. The lowest BCUT2D eigenvalue weighted by molar-refractivity contribution is -0.216. The monoisotopic (exact) mass is 242 g/mol. The van der Waals surface area contributed by atoms with Gasteiger partial charge in [0.25, 0.3) is 0 Å². The molecule has 2 nitrogen and oxygen atoms in total. The number of esters is 1. The van der Waals surface area contributed by atoms with Crippen molar-refractivity contribution in [2.45, 2.75) is 24.1 Å². The second-order valence-corrected chi connectivity index (χ2v) is 4.52. The number of carbonyl (C=O) groups excluding carboxylic acids is 1. The zero-order valence-electron chi connectivity index (χ0n) is 8.70. The van der Waals surface area contributed by atoms with Crippen LogP contribution in [0.5, 0.6) is 0 Å². The van der Waals surface area contributed by atoms with Gasteiger partial charge in [-0.25, -0.2) is 0 Å². The maximum absolute atomic E-state index is 12.6. The number of halogens is 3. The Hall–Kier alpha value is -1.52. The van der Waals surface area contributed by atoms with Crippen molar-refractivity contribution in [2.24, 2.45) is 5.92 Å². The van der Waals surface area contributed by atoms with E-state index in [4.69, 9.17) is 0 Å². The van der Waals surface area contributed by atoms with Crippen LogP contribution in [0.3, 0.4) is 0 Å². The predicted molar refractivity (Wildman–Crippen MR) is 52.2 cm³/mol. The van der Waals surface area contributed by atoms with Crippen LogP contribution >= 0.6 is 0 Å². The predicted octanol–water partition coefficient (Wildman–Crippen LogP) is 2.43. The Balaban J connectivity index is 1.97. The largest absolute Gasteiger partial charge is 0.452 e. The van der Waals surface area contributed by atoms with Gasteiger partial charge in [-0.05, 0) is 12.0 Å². The summed E-state index contributed by atoms with van der Waals surface area (Å²) in [5.74, 6) is -1.49. The van der Waals surface area contributed by atoms with Crippen molar-refractivity contribution >= 4 is 5.97 Å². The van der Waals surface area contributed by atoms with Gasteiger partial charge in [0, 0.05) is 5.92 Å². The number of alkyl halides is 3. The van der Waals surface area contributed by atoms with E-state index in [1.165, 1.54) is 0 Å². The molecule has 1 heterocycles. The second-order valence-electron chi connectivity index (χ2n) is 4.52. The molecule has 3 rings (SSSR count). The Bertz CT molecular complexity index is 468. The third-order valence-corrected chi connectivity index (χ3v) is 3.59. The zero-order valence-corrected chi connectivity index (χ0v) is 8.70. The summed E-state index contributed by atoms with van der Waals surface area (Å²) in [6.45, 7) is 0.